The number of piperidine rings is 1. The predicted octanol–water partition coefficient (Wildman–Crippen LogP) is 4.25. The van der Waals surface area contributed by atoms with Gasteiger partial charge in [-0.25, -0.2) is 0 Å². The van der Waals surface area contributed by atoms with E-state index in [9.17, 15) is 4.79 Å². The summed E-state index contributed by atoms with van der Waals surface area (Å²) in [6.07, 6.45) is 5.83. The van der Waals surface area contributed by atoms with Gasteiger partial charge in [0.25, 0.3) is 5.91 Å². The van der Waals surface area contributed by atoms with Gasteiger partial charge in [0.05, 0.1) is 11.6 Å². The van der Waals surface area contributed by atoms with Gasteiger partial charge in [-0.1, -0.05) is 18.2 Å². The summed E-state index contributed by atoms with van der Waals surface area (Å²) >= 11 is 1.57. The summed E-state index contributed by atoms with van der Waals surface area (Å²) in [6, 6.07) is 16.8. The molecular weight excluding hydrogens is 394 g/mol. The predicted molar refractivity (Wildman–Crippen MR) is 118 cm³/mol. The standard InChI is InChI=1S/C24H25N3O2S/c28-24(19-10-15-30-17-19)26-13-8-20(9-14-26)27-16-22(29-21-4-2-1-3-5-21)23(27)18-6-11-25-12-7-18/h1-7,10-12,15,17,20,22-23H,8-9,13-14,16H2/t22-,23-/m0/s1. The fourth-order valence-electron chi connectivity index (χ4n) is 4.58. The number of benzene rings is 1. The minimum Gasteiger partial charge on any atom is -0.487 e. The lowest BCUT2D eigenvalue weighted by molar-refractivity contribution is -0.0842. The van der Waals surface area contributed by atoms with Gasteiger partial charge in [0, 0.05) is 43.4 Å². The molecule has 1 aromatic carbocycles. The third-order valence-corrected chi connectivity index (χ3v) is 6.85. The van der Waals surface area contributed by atoms with Crippen LogP contribution in [0, 0.1) is 0 Å². The van der Waals surface area contributed by atoms with Crippen LogP contribution < -0.4 is 4.74 Å². The zero-order chi connectivity index (χ0) is 20.3. The zero-order valence-electron chi connectivity index (χ0n) is 16.8. The Labute approximate surface area is 180 Å². The van der Waals surface area contributed by atoms with Crippen LogP contribution in [-0.4, -0.2) is 52.5 Å². The number of nitrogens with zero attached hydrogens (tertiary/aromatic N) is 3. The molecule has 0 bridgehead atoms. The minimum absolute atomic E-state index is 0.125. The molecule has 2 fully saturated rings. The number of carbonyl (C=O) groups is 1. The number of thiophene rings is 1. The Hall–Kier alpha value is -2.70. The second kappa shape index (κ2) is 8.58. The van der Waals surface area contributed by atoms with Crippen molar-refractivity contribution in [2.24, 2.45) is 0 Å². The maximum atomic E-state index is 12.7. The van der Waals surface area contributed by atoms with Crippen LogP contribution in [0.3, 0.4) is 0 Å². The number of para-hydroxylation sites is 1. The third kappa shape index (κ3) is 3.85. The largest absolute Gasteiger partial charge is 0.487 e. The summed E-state index contributed by atoms with van der Waals surface area (Å²) in [6.45, 7) is 2.53. The highest BCUT2D eigenvalue weighted by atomic mass is 32.1. The molecule has 1 amide bonds. The van der Waals surface area contributed by atoms with Crippen LogP contribution in [0.2, 0.25) is 0 Å². The molecular formula is C24H25N3O2S. The molecule has 0 aliphatic carbocycles. The Morgan fingerprint density at radius 2 is 1.80 bits per heavy atom. The number of carbonyl (C=O) groups excluding carboxylic acids is 1. The smallest absolute Gasteiger partial charge is 0.254 e. The lowest BCUT2D eigenvalue weighted by Gasteiger charge is -2.53. The van der Waals surface area contributed by atoms with Gasteiger partial charge >= 0.3 is 0 Å². The Balaban J connectivity index is 1.26. The molecule has 5 nitrogen and oxygen atoms in total. The molecule has 3 aromatic rings. The van der Waals surface area contributed by atoms with Gasteiger partial charge in [-0.15, -0.1) is 0 Å². The van der Waals surface area contributed by atoms with Crippen molar-refractivity contribution in [1.82, 2.24) is 14.8 Å². The molecule has 0 spiro atoms. The van der Waals surface area contributed by atoms with E-state index in [-0.39, 0.29) is 18.1 Å². The maximum Gasteiger partial charge on any atom is 0.254 e. The van der Waals surface area contributed by atoms with E-state index in [1.807, 2.05) is 64.5 Å². The number of hydrogen-bond acceptors (Lipinski definition) is 5. The number of likely N-dealkylation sites (tertiary alicyclic amines) is 2. The molecule has 4 heterocycles. The highest BCUT2D eigenvalue weighted by Crippen LogP contribution is 2.40. The molecule has 154 valence electrons. The number of ether oxygens (including phenoxy) is 1. The van der Waals surface area contributed by atoms with Crippen LogP contribution in [0.25, 0.3) is 0 Å². The third-order valence-electron chi connectivity index (χ3n) is 6.17. The van der Waals surface area contributed by atoms with Crippen LogP contribution in [-0.2, 0) is 0 Å². The highest BCUT2D eigenvalue weighted by Gasteiger charge is 2.46. The molecule has 0 unspecified atom stereocenters. The first-order chi connectivity index (χ1) is 14.8. The Morgan fingerprint density at radius 3 is 2.50 bits per heavy atom. The molecule has 2 atom stereocenters. The number of rotatable bonds is 5. The van der Waals surface area contributed by atoms with Gasteiger partial charge in [-0.3, -0.25) is 14.7 Å². The van der Waals surface area contributed by atoms with Gasteiger partial charge in [0.1, 0.15) is 11.9 Å². The molecule has 30 heavy (non-hydrogen) atoms. The average Bonchev–Trinajstić information content (AvgIpc) is 3.32. The molecule has 2 aliphatic heterocycles. The van der Waals surface area contributed by atoms with E-state index in [1.165, 1.54) is 5.56 Å². The molecule has 5 rings (SSSR count). The van der Waals surface area contributed by atoms with E-state index in [4.69, 9.17) is 4.74 Å². The number of pyridine rings is 1. The van der Waals surface area contributed by atoms with Gasteiger partial charge < -0.3 is 9.64 Å². The van der Waals surface area contributed by atoms with Crippen molar-refractivity contribution in [3.05, 3.63) is 82.8 Å². The first kappa shape index (κ1) is 19.3. The van der Waals surface area contributed by atoms with E-state index >= 15 is 0 Å². The second-order valence-electron chi connectivity index (χ2n) is 7.93. The fourth-order valence-corrected chi connectivity index (χ4v) is 5.21. The van der Waals surface area contributed by atoms with Gasteiger partial charge in [-0.2, -0.15) is 11.3 Å². The quantitative estimate of drug-likeness (QED) is 0.620. The molecule has 6 heteroatoms. The van der Waals surface area contributed by atoms with Crippen molar-refractivity contribution in [2.75, 3.05) is 19.6 Å². The van der Waals surface area contributed by atoms with Crippen LogP contribution >= 0.6 is 11.3 Å². The summed E-state index contributed by atoms with van der Waals surface area (Å²) in [4.78, 5) is 21.4. The molecule has 2 saturated heterocycles. The van der Waals surface area contributed by atoms with E-state index in [0.29, 0.717) is 6.04 Å². The van der Waals surface area contributed by atoms with E-state index in [2.05, 4.69) is 22.0 Å². The van der Waals surface area contributed by atoms with Gasteiger partial charge in [0.15, 0.2) is 0 Å². The SMILES string of the molecule is O=C(c1ccsc1)N1CCC(N2C[C@H](Oc3ccccc3)[C@@H]2c2ccncc2)CC1. The number of hydrogen-bond donors (Lipinski definition) is 0. The van der Waals surface area contributed by atoms with Crippen molar-refractivity contribution in [3.8, 4) is 5.75 Å². The van der Waals surface area contributed by atoms with Crippen molar-refractivity contribution in [3.63, 3.8) is 0 Å². The van der Waals surface area contributed by atoms with Crippen LogP contribution in [0.15, 0.2) is 71.7 Å². The molecule has 0 radical (unpaired) electrons. The molecule has 0 N–H and O–H groups in total. The second-order valence-corrected chi connectivity index (χ2v) is 8.71. The molecule has 2 aromatic heterocycles. The maximum absolute atomic E-state index is 12.7. The van der Waals surface area contributed by atoms with Crippen LogP contribution in [0.4, 0.5) is 0 Å². The minimum atomic E-state index is 0.125. The zero-order valence-corrected chi connectivity index (χ0v) is 17.6. The Morgan fingerprint density at radius 1 is 1.03 bits per heavy atom. The van der Waals surface area contributed by atoms with E-state index in [0.717, 1.165) is 43.8 Å². The van der Waals surface area contributed by atoms with E-state index in [1.54, 1.807) is 11.3 Å². The monoisotopic (exact) mass is 419 g/mol. The summed E-state index contributed by atoms with van der Waals surface area (Å²) < 4.78 is 6.32. The van der Waals surface area contributed by atoms with E-state index < -0.39 is 0 Å². The normalized spacial score (nSPS) is 22.5. The lowest BCUT2D eigenvalue weighted by atomic mass is 9.87. The summed E-state index contributed by atoms with van der Waals surface area (Å²) in [5.41, 5.74) is 2.06. The summed E-state index contributed by atoms with van der Waals surface area (Å²) in [5.74, 6) is 1.08. The van der Waals surface area contributed by atoms with Crippen molar-refractivity contribution in [1.29, 1.82) is 0 Å². The van der Waals surface area contributed by atoms with Crippen molar-refractivity contribution < 1.29 is 9.53 Å². The fraction of sp³-hybridized carbons (Fsp3) is 0.333. The van der Waals surface area contributed by atoms with Crippen molar-refractivity contribution in [2.45, 2.75) is 31.0 Å². The summed E-state index contributed by atoms with van der Waals surface area (Å²) in [7, 11) is 0. The van der Waals surface area contributed by atoms with Gasteiger partial charge in [0.2, 0.25) is 0 Å². The molecule has 0 saturated carbocycles. The first-order valence-electron chi connectivity index (χ1n) is 10.5. The van der Waals surface area contributed by atoms with Crippen LogP contribution in [0.1, 0.15) is 34.8 Å². The highest BCUT2D eigenvalue weighted by molar-refractivity contribution is 7.08. The average molecular weight is 420 g/mol. The van der Waals surface area contributed by atoms with Crippen molar-refractivity contribution >= 4 is 17.2 Å². The number of aromatic nitrogens is 1. The first-order valence-corrected chi connectivity index (χ1v) is 11.4. The van der Waals surface area contributed by atoms with Gasteiger partial charge in [-0.05, 0) is 54.1 Å². The summed E-state index contributed by atoms with van der Waals surface area (Å²) in [5, 5.41) is 3.90. The lowest BCUT2D eigenvalue weighted by Crippen LogP contribution is -2.61. The number of amides is 1. The Bertz CT molecular complexity index is 957. The molecule has 2 aliphatic rings. The Kier molecular flexibility index (Phi) is 5.51. The topological polar surface area (TPSA) is 45.7 Å². The van der Waals surface area contributed by atoms with Crippen LogP contribution in [0.5, 0.6) is 5.75 Å².